The highest BCUT2D eigenvalue weighted by molar-refractivity contribution is 8.14. The first-order valence-electron chi connectivity index (χ1n) is 5.31. The summed E-state index contributed by atoms with van der Waals surface area (Å²) in [4.78, 5) is 15.2. The third-order valence-electron chi connectivity index (χ3n) is 2.38. The molecule has 2 aliphatic rings. The molecule has 18 heavy (non-hydrogen) atoms. The Hall–Kier alpha value is -1.34. The maximum atomic E-state index is 11.1. The molecule has 0 saturated carbocycles. The Balaban J connectivity index is 0.000000169. The molecular formula is C11H12N2O3S2. The van der Waals surface area contributed by atoms with Gasteiger partial charge in [0.05, 0.1) is 10.6 Å². The number of sulfonamides is 1. The molecule has 0 aromatic heterocycles. The smallest absolute Gasteiger partial charge is 0.266 e. The molecule has 0 unspecified atom stereocenters. The summed E-state index contributed by atoms with van der Waals surface area (Å²) in [6.45, 7) is 3.09. The summed E-state index contributed by atoms with van der Waals surface area (Å²) in [5, 5.41) is 1.25. The number of nitrogens with zero attached hydrogens (tertiary/aromatic N) is 1. The van der Waals surface area contributed by atoms with E-state index in [1.165, 1.54) is 22.9 Å². The maximum absolute atomic E-state index is 11.1. The molecular weight excluding hydrogens is 272 g/mol. The van der Waals surface area contributed by atoms with E-state index in [1.807, 2.05) is 16.5 Å². The predicted molar refractivity (Wildman–Crippen MR) is 71.5 cm³/mol. The molecule has 0 saturated heterocycles. The highest BCUT2D eigenvalue weighted by atomic mass is 32.2. The van der Waals surface area contributed by atoms with Crippen molar-refractivity contribution in [3.63, 3.8) is 0 Å². The molecule has 5 nitrogen and oxygen atoms in total. The lowest BCUT2D eigenvalue weighted by atomic mass is 10.2. The van der Waals surface area contributed by atoms with Crippen molar-refractivity contribution >= 4 is 32.7 Å². The van der Waals surface area contributed by atoms with Gasteiger partial charge in [-0.1, -0.05) is 12.1 Å². The quantitative estimate of drug-likeness (QED) is 0.778. The van der Waals surface area contributed by atoms with Gasteiger partial charge in [-0.15, -0.1) is 11.8 Å². The third-order valence-corrected chi connectivity index (χ3v) is 4.71. The Morgan fingerprint density at radius 2 is 2.06 bits per heavy atom. The van der Waals surface area contributed by atoms with Crippen molar-refractivity contribution in [2.24, 2.45) is 4.99 Å². The molecule has 1 aromatic rings. The number of hydrogen-bond acceptors (Lipinski definition) is 5. The SMILES string of the molecule is CC1=NCCS1.O=C1NS(=O)(=O)c2ccccc21. The fourth-order valence-corrected chi connectivity index (χ4v) is 3.40. The first kappa shape index (κ1) is 13.1. The number of fused-ring (bicyclic) bond motifs is 1. The van der Waals surface area contributed by atoms with Crippen LogP contribution in [0.5, 0.6) is 0 Å². The highest BCUT2D eigenvalue weighted by Crippen LogP contribution is 2.20. The Morgan fingerprint density at radius 3 is 2.56 bits per heavy atom. The Labute approximate surface area is 110 Å². The van der Waals surface area contributed by atoms with Gasteiger partial charge in [-0.3, -0.25) is 9.79 Å². The molecule has 2 aliphatic heterocycles. The van der Waals surface area contributed by atoms with Gasteiger partial charge in [-0.25, -0.2) is 13.1 Å². The molecule has 7 heteroatoms. The maximum Gasteiger partial charge on any atom is 0.266 e. The van der Waals surface area contributed by atoms with E-state index in [4.69, 9.17) is 0 Å². The molecule has 1 N–H and O–H groups in total. The number of benzene rings is 1. The van der Waals surface area contributed by atoms with Crippen LogP contribution in [-0.4, -0.2) is 31.7 Å². The zero-order valence-electron chi connectivity index (χ0n) is 9.71. The van der Waals surface area contributed by atoms with E-state index in [9.17, 15) is 13.2 Å². The van der Waals surface area contributed by atoms with E-state index in [-0.39, 0.29) is 10.5 Å². The summed E-state index contributed by atoms with van der Waals surface area (Å²) in [5.41, 5.74) is 0.220. The molecule has 1 aromatic carbocycles. The Kier molecular flexibility index (Phi) is 3.72. The minimum absolute atomic E-state index is 0.0648. The van der Waals surface area contributed by atoms with Crippen LogP contribution in [0.4, 0.5) is 0 Å². The van der Waals surface area contributed by atoms with E-state index < -0.39 is 15.9 Å². The van der Waals surface area contributed by atoms with Crippen molar-refractivity contribution in [2.45, 2.75) is 11.8 Å². The molecule has 0 aliphatic carbocycles. The zero-order valence-corrected chi connectivity index (χ0v) is 11.3. The topological polar surface area (TPSA) is 75.6 Å². The average molecular weight is 284 g/mol. The van der Waals surface area contributed by atoms with Crippen LogP contribution in [0.1, 0.15) is 17.3 Å². The zero-order chi connectivity index (χ0) is 13.2. The molecule has 0 bridgehead atoms. The lowest BCUT2D eigenvalue weighted by molar-refractivity contribution is 0.0985. The van der Waals surface area contributed by atoms with E-state index in [0.29, 0.717) is 0 Å². The molecule has 1 amide bonds. The lowest BCUT2D eigenvalue weighted by Crippen LogP contribution is -2.20. The summed E-state index contributed by atoms with van der Waals surface area (Å²) >= 11 is 1.85. The number of hydrogen-bond donors (Lipinski definition) is 1. The lowest BCUT2D eigenvalue weighted by Gasteiger charge is -1.91. The first-order chi connectivity index (χ1) is 8.50. The number of rotatable bonds is 0. The van der Waals surface area contributed by atoms with Crippen LogP contribution in [0.15, 0.2) is 34.2 Å². The molecule has 0 fully saturated rings. The molecule has 96 valence electrons. The normalized spacial score (nSPS) is 19.4. The van der Waals surface area contributed by atoms with Crippen LogP contribution < -0.4 is 4.72 Å². The van der Waals surface area contributed by atoms with Crippen LogP contribution in [0.25, 0.3) is 0 Å². The molecule has 0 atom stereocenters. The first-order valence-corrected chi connectivity index (χ1v) is 7.77. The monoisotopic (exact) mass is 284 g/mol. The summed E-state index contributed by atoms with van der Waals surface area (Å²) in [5.74, 6) is 0.650. The summed E-state index contributed by atoms with van der Waals surface area (Å²) < 4.78 is 24.2. The van der Waals surface area contributed by atoms with Gasteiger partial charge >= 0.3 is 0 Å². The number of aliphatic imine (C=N–C) groups is 1. The molecule has 0 radical (unpaired) electrons. The van der Waals surface area contributed by atoms with E-state index >= 15 is 0 Å². The van der Waals surface area contributed by atoms with Crippen molar-refractivity contribution in [1.29, 1.82) is 0 Å². The standard InChI is InChI=1S/C7H5NO3S.C4H7NS/c9-7-5-3-1-2-4-6(5)12(10,11)8-7;1-4-5-2-3-6-4/h1-4H,(H,8,9);2-3H2,1H3. The van der Waals surface area contributed by atoms with E-state index in [0.717, 1.165) is 6.54 Å². The van der Waals surface area contributed by atoms with Crippen LogP contribution >= 0.6 is 11.8 Å². The second-order valence-corrected chi connectivity index (χ2v) is 6.62. The second-order valence-electron chi connectivity index (χ2n) is 3.68. The number of nitrogens with one attached hydrogen (secondary N) is 1. The van der Waals surface area contributed by atoms with Gasteiger partial charge in [0.25, 0.3) is 15.9 Å². The van der Waals surface area contributed by atoms with Gasteiger partial charge in [0.1, 0.15) is 4.90 Å². The summed E-state index contributed by atoms with van der Waals surface area (Å²) in [6, 6.07) is 6.09. The van der Waals surface area contributed by atoms with E-state index in [2.05, 4.69) is 11.9 Å². The van der Waals surface area contributed by atoms with Crippen molar-refractivity contribution in [3.8, 4) is 0 Å². The van der Waals surface area contributed by atoms with E-state index in [1.54, 1.807) is 12.1 Å². The number of carbonyl (C=O) groups excluding carboxylic acids is 1. The molecule has 2 heterocycles. The number of thioether (sulfide) groups is 1. The van der Waals surface area contributed by atoms with Crippen molar-refractivity contribution < 1.29 is 13.2 Å². The van der Waals surface area contributed by atoms with Crippen LogP contribution in [0.2, 0.25) is 0 Å². The van der Waals surface area contributed by atoms with Crippen LogP contribution in [0, 0.1) is 0 Å². The largest absolute Gasteiger partial charge is 0.282 e. The molecule has 3 rings (SSSR count). The highest BCUT2D eigenvalue weighted by Gasteiger charge is 2.31. The van der Waals surface area contributed by atoms with Gasteiger partial charge in [-0.05, 0) is 19.1 Å². The third kappa shape index (κ3) is 2.73. The summed E-state index contributed by atoms with van der Waals surface area (Å²) in [7, 11) is -3.55. The fraction of sp³-hybridized carbons (Fsp3) is 0.273. The fourth-order valence-electron chi connectivity index (χ4n) is 1.56. The average Bonchev–Trinajstić information content (AvgIpc) is 2.88. The van der Waals surface area contributed by atoms with Gasteiger partial charge in [0.15, 0.2) is 0 Å². The van der Waals surface area contributed by atoms with Crippen molar-refractivity contribution in [2.75, 3.05) is 12.3 Å². The minimum Gasteiger partial charge on any atom is -0.282 e. The van der Waals surface area contributed by atoms with Gasteiger partial charge < -0.3 is 0 Å². The molecule has 0 spiro atoms. The predicted octanol–water partition coefficient (Wildman–Crippen LogP) is 1.27. The second kappa shape index (κ2) is 5.11. The van der Waals surface area contributed by atoms with Crippen molar-refractivity contribution in [1.82, 2.24) is 4.72 Å². The van der Waals surface area contributed by atoms with Crippen LogP contribution in [0.3, 0.4) is 0 Å². The van der Waals surface area contributed by atoms with Gasteiger partial charge in [0, 0.05) is 12.3 Å². The van der Waals surface area contributed by atoms with Crippen LogP contribution in [-0.2, 0) is 10.0 Å². The van der Waals surface area contributed by atoms with Crippen molar-refractivity contribution in [3.05, 3.63) is 29.8 Å². The number of amides is 1. The Morgan fingerprint density at radius 1 is 1.33 bits per heavy atom. The summed E-state index contributed by atoms with van der Waals surface area (Å²) in [6.07, 6.45) is 0. The van der Waals surface area contributed by atoms with Gasteiger partial charge in [-0.2, -0.15) is 0 Å². The minimum atomic E-state index is -3.55. The number of carbonyl (C=O) groups is 1. The van der Waals surface area contributed by atoms with Gasteiger partial charge in [0.2, 0.25) is 0 Å². The Bertz CT molecular complexity index is 608.